The molecule has 0 amide bonds. The second-order valence-electron chi connectivity index (χ2n) is 7.58. The zero-order valence-corrected chi connectivity index (χ0v) is 19.1. The van der Waals surface area contributed by atoms with Crippen molar-refractivity contribution in [3.8, 4) is 11.8 Å². The molecule has 3 aromatic heterocycles. The number of Topliss-reactive ketones (excluding diaryl/α,β-unsaturated/α-hetero) is 1. The second-order valence-corrected chi connectivity index (χ2v) is 9.08. The highest BCUT2D eigenvalue weighted by Crippen LogP contribution is 2.33. The number of fused-ring (bicyclic) bond motifs is 2. The van der Waals surface area contributed by atoms with E-state index >= 15 is 0 Å². The number of ether oxygens (including phenoxy) is 1. The number of benzene rings is 2. The minimum atomic E-state index is -1.04. The van der Waals surface area contributed by atoms with E-state index in [9.17, 15) is 10.1 Å². The first-order valence-corrected chi connectivity index (χ1v) is 11.4. The molecule has 0 bridgehead atoms. The van der Waals surface area contributed by atoms with Crippen LogP contribution >= 0.6 is 22.9 Å². The second kappa shape index (κ2) is 8.66. The third-order valence-electron chi connectivity index (χ3n) is 5.18. The molecule has 5 aromatic rings. The van der Waals surface area contributed by atoms with E-state index in [1.54, 1.807) is 36.4 Å². The summed E-state index contributed by atoms with van der Waals surface area (Å²) in [5.74, 6) is -0.992. The number of nitriles is 1. The van der Waals surface area contributed by atoms with Gasteiger partial charge >= 0.3 is 0 Å². The average Bonchev–Trinajstić information content (AvgIpc) is 3.41. The van der Waals surface area contributed by atoms with Crippen LogP contribution in [0.4, 0.5) is 0 Å². The summed E-state index contributed by atoms with van der Waals surface area (Å²) in [6, 6.07) is 18.3. The van der Waals surface area contributed by atoms with E-state index in [1.807, 2.05) is 41.9 Å². The molecular formula is C25H17ClN4O2S. The van der Waals surface area contributed by atoms with Crippen molar-refractivity contribution < 1.29 is 9.53 Å². The molecule has 3 heterocycles. The van der Waals surface area contributed by atoms with Crippen molar-refractivity contribution >= 4 is 44.6 Å². The zero-order valence-electron chi connectivity index (χ0n) is 17.5. The Balaban J connectivity index is 1.41. The summed E-state index contributed by atoms with van der Waals surface area (Å²) in [6.07, 6.45) is 3.89. The van der Waals surface area contributed by atoms with E-state index in [-0.39, 0.29) is 12.4 Å². The third-order valence-corrected chi connectivity index (χ3v) is 6.52. The number of hydrogen-bond donors (Lipinski definition) is 0. The first-order valence-electron chi connectivity index (χ1n) is 10.2. The Hall–Kier alpha value is -3.73. The number of pyridine rings is 1. The number of nitrogens with zero attached hydrogens (tertiary/aromatic N) is 4. The van der Waals surface area contributed by atoms with E-state index in [1.165, 1.54) is 11.3 Å². The SMILES string of the molecule is Cc1ccc2nc(COc3ccccc3C(=O)C(C#N)c3nc4cc(Cl)ccc4s3)cn2c1. The summed E-state index contributed by atoms with van der Waals surface area (Å²) < 4.78 is 8.78. The number of imidazole rings is 1. The summed E-state index contributed by atoms with van der Waals surface area (Å²) >= 11 is 7.36. The van der Waals surface area contributed by atoms with Crippen LogP contribution in [0.2, 0.25) is 5.02 Å². The van der Waals surface area contributed by atoms with Gasteiger partial charge in [0.2, 0.25) is 0 Å². The predicted molar refractivity (Wildman–Crippen MR) is 128 cm³/mol. The lowest BCUT2D eigenvalue weighted by molar-refractivity contribution is 0.0974. The van der Waals surface area contributed by atoms with Gasteiger partial charge in [-0.15, -0.1) is 11.3 Å². The maximum absolute atomic E-state index is 13.3. The molecular weight excluding hydrogens is 456 g/mol. The van der Waals surface area contributed by atoms with Gasteiger partial charge in [0.1, 0.15) is 23.0 Å². The molecule has 0 saturated heterocycles. The number of para-hydroxylation sites is 1. The predicted octanol–water partition coefficient (Wildman–Crippen LogP) is 5.97. The normalized spacial score (nSPS) is 12.0. The Morgan fingerprint density at radius 1 is 1.18 bits per heavy atom. The van der Waals surface area contributed by atoms with Crippen molar-refractivity contribution in [3.63, 3.8) is 0 Å². The molecule has 0 saturated carbocycles. The van der Waals surface area contributed by atoms with Gasteiger partial charge in [-0.05, 0) is 48.9 Å². The lowest BCUT2D eigenvalue weighted by atomic mass is 9.98. The van der Waals surface area contributed by atoms with Crippen LogP contribution in [0.15, 0.2) is 67.0 Å². The molecule has 0 aliphatic carbocycles. The lowest BCUT2D eigenvalue weighted by Gasteiger charge is -2.11. The number of aromatic nitrogens is 3. The van der Waals surface area contributed by atoms with E-state index in [0.717, 1.165) is 21.6 Å². The molecule has 0 aliphatic rings. The summed E-state index contributed by atoms with van der Waals surface area (Å²) in [4.78, 5) is 22.4. The van der Waals surface area contributed by atoms with Gasteiger partial charge in [-0.3, -0.25) is 4.79 Å². The number of carbonyl (C=O) groups is 1. The molecule has 0 aliphatic heterocycles. The Morgan fingerprint density at radius 2 is 2.03 bits per heavy atom. The van der Waals surface area contributed by atoms with Crippen LogP contribution in [0.3, 0.4) is 0 Å². The molecule has 33 heavy (non-hydrogen) atoms. The minimum absolute atomic E-state index is 0.196. The molecule has 0 fully saturated rings. The summed E-state index contributed by atoms with van der Waals surface area (Å²) in [5.41, 5.74) is 3.69. The summed E-state index contributed by atoms with van der Waals surface area (Å²) in [5, 5.41) is 10.8. The van der Waals surface area contributed by atoms with Gasteiger partial charge in [-0.1, -0.05) is 29.8 Å². The first-order chi connectivity index (χ1) is 16.0. The number of aryl methyl sites for hydroxylation is 1. The molecule has 5 rings (SSSR count). The van der Waals surface area contributed by atoms with Crippen molar-refractivity contribution in [1.82, 2.24) is 14.4 Å². The van der Waals surface area contributed by atoms with Gasteiger partial charge in [-0.2, -0.15) is 5.26 Å². The Bertz CT molecular complexity index is 1550. The monoisotopic (exact) mass is 472 g/mol. The van der Waals surface area contributed by atoms with Crippen molar-refractivity contribution in [2.24, 2.45) is 0 Å². The molecule has 2 aromatic carbocycles. The van der Waals surface area contributed by atoms with Crippen molar-refractivity contribution in [2.75, 3.05) is 0 Å². The minimum Gasteiger partial charge on any atom is -0.486 e. The zero-order chi connectivity index (χ0) is 22.9. The van der Waals surface area contributed by atoms with Gasteiger partial charge in [0.05, 0.1) is 27.5 Å². The molecule has 162 valence electrons. The highest BCUT2D eigenvalue weighted by atomic mass is 35.5. The number of rotatable bonds is 6. The van der Waals surface area contributed by atoms with Crippen molar-refractivity contribution in [3.05, 3.63) is 93.8 Å². The largest absolute Gasteiger partial charge is 0.486 e. The maximum Gasteiger partial charge on any atom is 0.190 e. The number of carbonyl (C=O) groups excluding carboxylic acids is 1. The maximum atomic E-state index is 13.3. The fourth-order valence-electron chi connectivity index (χ4n) is 3.60. The number of hydrogen-bond acceptors (Lipinski definition) is 6. The molecule has 1 atom stereocenters. The van der Waals surface area contributed by atoms with Crippen LogP contribution in [0.1, 0.15) is 32.5 Å². The number of ketones is 1. The van der Waals surface area contributed by atoms with Crippen molar-refractivity contribution in [2.45, 2.75) is 19.4 Å². The van der Waals surface area contributed by atoms with Gasteiger partial charge < -0.3 is 9.14 Å². The number of halogens is 1. The Kier molecular flexibility index (Phi) is 5.55. The Labute approximate surface area is 198 Å². The summed E-state index contributed by atoms with van der Waals surface area (Å²) in [7, 11) is 0. The fourth-order valence-corrected chi connectivity index (χ4v) is 4.75. The molecule has 0 spiro atoms. The van der Waals surface area contributed by atoms with Crippen LogP contribution in [-0.2, 0) is 6.61 Å². The van der Waals surface area contributed by atoms with Crippen LogP contribution in [0.5, 0.6) is 5.75 Å². The molecule has 0 N–H and O–H groups in total. The van der Waals surface area contributed by atoms with Crippen LogP contribution in [-0.4, -0.2) is 20.2 Å². The summed E-state index contributed by atoms with van der Waals surface area (Å²) in [6.45, 7) is 2.21. The van der Waals surface area contributed by atoms with E-state index in [2.05, 4.69) is 16.0 Å². The molecule has 6 nitrogen and oxygen atoms in total. The highest BCUT2D eigenvalue weighted by Gasteiger charge is 2.27. The first kappa shape index (κ1) is 21.1. The van der Waals surface area contributed by atoms with Crippen LogP contribution in [0, 0.1) is 18.3 Å². The standard InChI is InChI=1S/C25H17ClN4O2S/c1-15-6-9-23-28-17(13-30(23)12-15)14-32-21-5-3-2-4-18(21)24(31)19(11-27)25-29-20-10-16(26)7-8-22(20)33-25/h2-10,12-13,19H,14H2,1H3. The van der Waals surface area contributed by atoms with Crippen LogP contribution < -0.4 is 4.74 Å². The van der Waals surface area contributed by atoms with E-state index in [4.69, 9.17) is 16.3 Å². The third kappa shape index (κ3) is 4.19. The van der Waals surface area contributed by atoms with Crippen LogP contribution in [0.25, 0.3) is 15.9 Å². The van der Waals surface area contributed by atoms with Crippen molar-refractivity contribution in [1.29, 1.82) is 5.26 Å². The quantitative estimate of drug-likeness (QED) is 0.284. The molecule has 1 unspecified atom stereocenters. The highest BCUT2D eigenvalue weighted by molar-refractivity contribution is 7.18. The molecule has 0 radical (unpaired) electrons. The number of thiazole rings is 1. The smallest absolute Gasteiger partial charge is 0.190 e. The Morgan fingerprint density at radius 3 is 2.88 bits per heavy atom. The lowest BCUT2D eigenvalue weighted by Crippen LogP contribution is -2.13. The van der Waals surface area contributed by atoms with Gasteiger partial charge in [0, 0.05) is 17.4 Å². The topological polar surface area (TPSA) is 80.3 Å². The average molecular weight is 473 g/mol. The fraction of sp³-hybridized carbons (Fsp3) is 0.120. The van der Waals surface area contributed by atoms with Gasteiger partial charge in [-0.25, -0.2) is 9.97 Å². The van der Waals surface area contributed by atoms with E-state index in [0.29, 0.717) is 26.9 Å². The van der Waals surface area contributed by atoms with Gasteiger partial charge in [0.25, 0.3) is 0 Å². The van der Waals surface area contributed by atoms with Gasteiger partial charge in [0.15, 0.2) is 11.7 Å². The van der Waals surface area contributed by atoms with E-state index < -0.39 is 5.92 Å². The molecule has 8 heteroatoms.